The Morgan fingerprint density at radius 1 is 1.62 bits per heavy atom. The van der Waals surface area contributed by atoms with E-state index in [0.717, 1.165) is 17.6 Å². The molecule has 0 bridgehead atoms. The van der Waals surface area contributed by atoms with Gasteiger partial charge in [0.05, 0.1) is 26.5 Å². The third kappa shape index (κ3) is 2.02. The molecule has 1 fully saturated rings. The first kappa shape index (κ1) is 9.80. The third-order valence-corrected chi connectivity index (χ3v) is 4.67. The molecule has 0 aliphatic carbocycles. The van der Waals surface area contributed by atoms with Gasteiger partial charge in [0.25, 0.3) is 0 Å². The second-order valence-corrected chi connectivity index (χ2v) is 6.52. The molecule has 0 saturated carbocycles. The zero-order chi connectivity index (χ0) is 9.31. The van der Waals surface area contributed by atoms with Gasteiger partial charge in [-0.15, -0.1) is 23.1 Å². The summed E-state index contributed by atoms with van der Waals surface area (Å²) < 4.78 is 7.33. The highest BCUT2D eigenvalue weighted by atomic mass is 35.5. The van der Waals surface area contributed by atoms with E-state index in [0.29, 0.717) is 6.54 Å². The average molecular weight is 236 g/mol. The molecule has 0 atom stereocenters. The fraction of sp³-hybridized carbons (Fsp3) is 0.500. The molecule has 2 N–H and O–H groups in total. The van der Waals surface area contributed by atoms with Crippen LogP contribution in [0.3, 0.4) is 0 Å². The number of thiophene rings is 1. The summed E-state index contributed by atoms with van der Waals surface area (Å²) >= 11 is 9.22. The van der Waals surface area contributed by atoms with Crippen molar-refractivity contribution in [2.45, 2.75) is 8.96 Å². The number of halogens is 1. The first-order valence-electron chi connectivity index (χ1n) is 3.96. The Balaban J connectivity index is 2.04. The highest BCUT2D eigenvalue weighted by Gasteiger charge is 2.38. The minimum absolute atomic E-state index is 0.105. The van der Waals surface area contributed by atoms with Gasteiger partial charge in [-0.1, -0.05) is 11.6 Å². The third-order valence-electron chi connectivity index (χ3n) is 1.97. The maximum atomic E-state index is 5.84. The van der Waals surface area contributed by atoms with Crippen molar-refractivity contribution in [3.63, 3.8) is 0 Å². The molecular weight excluding hydrogens is 226 g/mol. The minimum Gasteiger partial charge on any atom is -0.378 e. The van der Waals surface area contributed by atoms with E-state index in [1.807, 2.05) is 12.1 Å². The monoisotopic (exact) mass is 235 g/mol. The summed E-state index contributed by atoms with van der Waals surface area (Å²) in [6.07, 6.45) is 0. The van der Waals surface area contributed by atoms with E-state index >= 15 is 0 Å². The topological polar surface area (TPSA) is 35.2 Å². The van der Waals surface area contributed by atoms with E-state index in [-0.39, 0.29) is 4.75 Å². The van der Waals surface area contributed by atoms with Crippen LogP contribution in [0.5, 0.6) is 0 Å². The highest BCUT2D eigenvalue weighted by Crippen LogP contribution is 2.41. The van der Waals surface area contributed by atoms with Crippen LogP contribution in [0.4, 0.5) is 0 Å². The summed E-state index contributed by atoms with van der Waals surface area (Å²) in [5, 5.41) is 0. The van der Waals surface area contributed by atoms with Gasteiger partial charge in [-0.3, -0.25) is 0 Å². The average Bonchev–Trinajstić information content (AvgIpc) is 2.44. The largest absolute Gasteiger partial charge is 0.378 e. The molecule has 2 rings (SSSR count). The fourth-order valence-corrected chi connectivity index (χ4v) is 3.93. The lowest BCUT2D eigenvalue weighted by Gasteiger charge is -2.39. The summed E-state index contributed by atoms with van der Waals surface area (Å²) in [4.78, 5) is 0. The second kappa shape index (κ2) is 3.79. The first-order chi connectivity index (χ1) is 6.24. The molecule has 13 heavy (non-hydrogen) atoms. The van der Waals surface area contributed by atoms with E-state index in [4.69, 9.17) is 22.1 Å². The van der Waals surface area contributed by atoms with E-state index in [1.165, 1.54) is 4.21 Å². The van der Waals surface area contributed by atoms with Gasteiger partial charge >= 0.3 is 0 Å². The van der Waals surface area contributed by atoms with Crippen molar-refractivity contribution < 1.29 is 4.74 Å². The van der Waals surface area contributed by atoms with E-state index in [2.05, 4.69) is 0 Å². The molecule has 72 valence electrons. The quantitative estimate of drug-likeness (QED) is 0.873. The molecule has 2 nitrogen and oxygen atoms in total. The van der Waals surface area contributed by atoms with Crippen molar-refractivity contribution in [1.82, 2.24) is 0 Å². The van der Waals surface area contributed by atoms with Crippen LogP contribution in [0.1, 0.15) is 0 Å². The maximum Gasteiger partial charge on any atom is 0.0940 e. The zero-order valence-corrected chi connectivity index (χ0v) is 9.35. The molecule has 1 aromatic rings. The fourth-order valence-electron chi connectivity index (χ4n) is 1.11. The second-order valence-electron chi connectivity index (χ2n) is 3.04. The standard InChI is InChI=1S/C8H10ClNOS2/c9-6-1-2-7(12-6)13-8(3-10)4-11-5-8/h1-2H,3-5,10H2. The van der Waals surface area contributed by atoms with Gasteiger partial charge in [-0.05, 0) is 12.1 Å². The van der Waals surface area contributed by atoms with Gasteiger partial charge in [0.2, 0.25) is 0 Å². The number of hydrogen-bond donors (Lipinski definition) is 1. The van der Waals surface area contributed by atoms with Crippen LogP contribution in [0.2, 0.25) is 4.34 Å². The molecule has 0 aromatic carbocycles. The van der Waals surface area contributed by atoms with Crippen LogP contribution in [0.15, 0.2) is 16.3 Å². The predicted molar refractivity (Wildman–Crippen MR) is 57.8 cm³/mol. The predicted octanol–water partition coefficient (Wildman–Crippen LogP) is 2.22. The van der Waals surface area contributed by atoms with Crippen molar-refractivity contribution in [3.8, 4) is 0 Å². The summed E-state index contributed by atoms with van der Waals surface area (Å²) in [6, 6.07) is 3.95. The lowest BCUT2D eigenvalue weighted by molar-refractivity contribution is -0.00428. The van der Waals surface area contributed by atoms with E-state index < -0.39 is 0 Å². The van der Waals surface area contributed by atoms with Gasteiger partial charge in [0.15, 0.2) is 0 Å². The Morgan fingerprint density at radius 3 is 2.77 bits per heavy atom. The first-order valence-corrected chi connectivity index (χ1v) is 5.97. The Bertz CT molecular complexity index is 293. The van der Waals surface area contributed by atoms with E-state index in [1.54, 1.807) is 23.1 Å². The van der Waals surface area contributed by atoms with Crippen molar-refractivity contribution in [2.24, 2.45) is 5.73 Å². The highest BCUT2D eigenvalue weighted by molar-refractivity contribution is 8.02. The van der Waals surface area contributed by atoms with Crippen LogP contribution in [0.25, 0.3) is 0 Å². The molecular formula is C8H10ClNOS2. The number of rotatable bonds is 3. The molecule has 2 heterocycles. The normalized spacial score (nSPS) is 19.8. The van der Waals surface area contributed by atoms with Gasteiger partial charge in [0.1, 0.15) is 0 Å². The van der Waals surface area contributed by atoms with Crippen LogP contribution in [0, 0.1) is 0 Å². The lowest BCUT2D eigenvalue weighted by Crippen LogP contribution is -2.52. The number of thioether (sulfide) groups is 1. The molecule has 1 saturated heterocycles. The Kier molecular flexibility index (Phi) is 2.86. The summed E-state index contributed by atoms with van der Waals surface area (Å²) in [6.45, 7) is 2.17. The van der Waals surface area contributed by atoms with Gasteiger partial charge in [-0.2, -0.15) is 0 Å². The molecule has 1 aliphatic rings. The van der Waals surface area contributed by atoms with Gasteiger partial charge < -0.3 is 10.5 Å². The van der Waals surface area contributed by atoms with Crippen molar-refractivity contribution in [2.75, 3.05) is 19.8 Å². The van der Waals surface area contributed by atoms with Crippen LogP contribution in [-0.2, 0) is 4.74 Å². The summed E-state index contributed by atoms with van der Waals surface area (Å²) in [5.74, 6) is 0. The molecule has 0 unspecified atom stereocenters. The Morgan fingerprint density at radius 2 is 2.38 bits per heavy atom. The number of hydrogen-bond acceptors (Lipinski definition) is 4. The Hall–Kier alpha value is 0.260. The molecule has 1 aliphatic heterocycles. The zero-order valence-electron chi connectivity index (χ0n) is 6.96. The molecule has 0 spiro atoms. The number of ether oxygens (including phenoxy) is 1. The van der Waals surface area contributed by atoms with Gasteiger partial charge in [-0.25, -0.2) is 0 Å². The lowest BCUT2D eigenvalue weighted by atomic mass is 10.1. The maximum absolute atomic E-state index is 5.84. The summed E-state index contributed by atoms with van der Waals surface area (Å²) in [5.41, 5.74) is 5.69. The van der Waals surface area contributed by atoms with Crippen molar-refractivity contribution >= 4 is 34.7 Å². The minimum atomic E-state index is 0.105. The summed E-state index contributed by atoms with van der Waals surface area (Å²) in [7, 11) is 0. The van der Waals surface area contributed by atoms with Crippen molar-refractivity contribution in [3.05, 3.63) is 16.5 Å². The van der Waals surface area contributed by atoms with Crippen LogP contribution >= 0.6 is 34.7 Å². The van der Waals surface area contributed by atoms with Crippen LogP contribution in [-0.4, -0.2) is 24.5 Å². The molecule has 1 aromatic heterocycles. The Labute approximate surface area is 90.4 Å². The van der Waals surface area contributed by atoms with Crippen LogP contribution < -0.4 is 5.73 Å². The number of nitrogens with two attached hydrogens (primary N) is 1. The SMILES string of the molecule is NCC1(Sc2ccc(Cl)s2)COC1. The molecule has 5 heteroatoms. The van der Waals surface area contributed by atoms with E-state index in [9.17, 15) is 0 Å². The smallest absolute Gasteiger partial charge is 0.0940 e. The van der Waals surface area contributed by atoms with Gasteiger partial charge in [0, 0.05) is 6.54 Å². The van der Waals surface area contributed by atoms with Crippen molar-refractivity contribution in [1.29, 1.82) is 0 Å². The molecule has 0 radical (unpaired) electrons. The molecule has 0 amide bonds.